The lowest BCUT2D eigenvalue weighted by atomic mass is 10.0. The molecule has 0 bridgehead atoms. The number of halogens is 1. The Hall–Kier alpha value is -1.43. The Bertz CT molecular complexity index is 416. The summed E-state index contributed by atoms with van der Waals surface area (Å²) in [4.78, 5) is 10.3. The van der Waals surface area contributed by atoms with Gasteiger partial charge in [-0.2, -0.15) is 9.37 Å². The van der Waals surface area contributed by atoms with Crippen molar-refractivity contribution in [1.29, 1.82) is 0 Å². The topological polar surface area (TPSA) is 50.3 Å². The third-order valence-electron chi connectivity index (χ3n) is 3.59. The molecular weight excluding hydrogens is 247 g/mol. The van der Waals surface area contributed by atoms with E-state index in [0.29, 0.717) is 12.0 Å². The van der Waals surface area contributed by atoms with E-state index in [1.807, 2.05) is 0 Å². The lowest BCUT2D eigenvalue weighted by molar-refractivity contribution is 0.179. The summed E-state index contributed by atoms with van der Waals surface area (Å²) < 4.78 is 18.0. The Kier molecular flexibility index (Phi) is 4.90. The number of rotatable bonds is 5. The smallest absolute Gasteiger partial charge is 0.255 e. The zero-order valence-electron chi connectivity index (χ0n) is 11.5. The van der Waals surface area contributed by atoms with Gasteiger partial charge in [-0.1, -0.05) is 6.42 Å². The molecule has 1 atom stereocenters. The average molecular weight is 268 g/mol. The number of ether oxygens (including phenoxy) is 1. The molecule has 1 aromatic rings. The minimum Gasteiger partial charge on any atom is -0.479 e. The highest BCUT2D eigenvalue weighted by Crippen LogP contribution is 2.18. The molecule has 1 aliphatic rings. The molecule has 5 nitrogen and oxygen atoms in total. The molecule has 0 spiro atoms. The van der Waals surface area contributed by atoms with Crippen molar-refractivity contribution < 1.29 is 9.13 Å². The van der Waals surface area contributed by atoms with Crippen LogP contribution in [0.1, 0.15) is 25.7 Å². The molecule has 0 aliphatic carbocycles. The van der Waals surface area contributed by atoms with Crippen LogP contribution in [0.25, 0.3) is 0 Å². The van der Waals surface area contributed by atoms with Crippen LogP contribution in [0.2, 0.25) is 0 Å². The predicted octanol–water partition coefficient (Wildman–Crippen LogP) is 1.91. The first-order chi connectivity index (χ1) is 9.20. The predicted molar refractivity (Wildman–Crippen MR) is 71.9 cm³/mol. The highest BCUT2D eigenvalue weighted by atomic mass is 19.1. The fourth-order valence-corrected chi connectivity index (χ4v) is 2.44. The summed E-state index contributed by atoms with van der Waals surface area (Å²) in [5.41, 5.74) is 0. The Morgan fingerprint density at radius 1 is 1.53 bits per heavy atom. The van der Waals surface area contributed by atoms with Crippen molar-refractivity contribution in [3.8, 4) is 5.88 Å². The SMILES string of the molecule is COc1nc(NCCC2CCCCN2C)ncc1F. The van der Waals surface area contributed by atoms with Crippen LogP contribution in [0.15, 0.2) is 6.20 Å². The number of hydrogen-bond donors (Lipinski definition) is 1. The summed E-state index contributed by atoms with van der Waals surface area (Å²) in [5.74, 6) is -0.149. The maximum atomic E-state index is 13.1. The third kappa shape index (κ3) is 3.76. The van der Waals surface area contributed by atoms with Gasteiger partial charge < -0.3 is 15.0 Å². The molecule has 1 aromatic heterocycles. The van der Waals surface area contributed by atoms with Gasteiger partial charge in [0, 0.05) is 12.6 Å². The van der Waals surface area contributed by atoms with Gasteiger partial charge in [0.25, 0.3) is 5.88 Å². The summed E-state index contributed by atoms with van der Waals surface area (Å²) in [7, 11) is 3.56. The van der Waals surface area contributed by atoms with Crippen LogP contribution >= 0.6 is 0 Å². The van der Waals surface area contributed by atoms with E-state index in [9.17, 15) is 4.39 Å². The highest BCUT2D eigenvalue weighted by molar-refractivity contribution is 5.28. The molecule has 106 valence electrons. The van der Waals surface area contributed by atoms with Gasteiger partial charge in [0.15, 0.2) is 0 Å². The molecule has 1 unspecified atom stereocenters. The summed E-state index contributed by atoms with van der Waals surface area (Å²) >= 11 is 0. The molecule has 0 aromatic carbocycles. The van der Waals surface area contributed by atoms with Crippen LogP contribution in [-0.4, -0.2) is 48.2 Å². The van der Waals surface area contributed by atoms with E-state index in [4.69, 9.17) is 4.74 Å². The largest absolute Gasteiger partial charge is 0.479 e. The molecule has 2 rings (SSSR count). The van der Waals surface area contributed by atoms with Crippen LogP contribution in [0.5, 0.6) is 5.88 Å². The zero-order valence-corrected chi connectivity index (χ0v) is 11.5. The summed E-state index contributed by atoms with van der Waals surface area (Å²) in [6.45, 7) is 1.95. The molecular formula is C13H21FN4O. The van der Waals surface area contributed by atoms with Gasteiger partial charge in [0.1, 0.15) is 0 Å². The number of likely N-dealkylation sites (tertiary alicyclic amines) is 1. The second kappa shape index (κ2) is 6.65. The average Bonchev–Trinajstić information content (AvgIpc) is 2.43. The van der Waals surface area contributed by atoms with Crippen LogP contribution in [0, 0.1) is 5.82 Å². The quantitative estimate of drug-likeness (QED) is 0.884. The third-order valence-corrected chi connectivity index (χ3v) is 3.59. The van der Waals surface area contributed by atoms with Crippen LogP contribution in [-0.2, 0) is 0 Å². The molecule has 0 radical (unpaired) electrons. The van der Waals surface area contributed by atoms with Crippen LogP contribution in [0.3, 0.4) is 0 Å². The van der Waals surface area contributed by atoms with Gasteiger partial charge >= 0.3 is 0 Å². The fraction of sp³-hybridized carbons (Fsp3) is 0.692. The van der Waals surface area contributed by atoms with Gasteiger partial charge in [0.05, 0.1) is 13.3 Å². The fourth-order valence-electron chi connectivity index (χ4n) is 2.44. The highest BCUT2D eigenvalue weighted by Gasteiger charge is 2.18. The number of aromatic nitrogens is 2. The minimum atomic E-state index is -0.542. The van der Waals surface area contributed by atoms with Crippen molar-refractivity contribution in [2.45, 2.75) is 31.7 Å². The first-order valence-electron chi connectivity index (χ1n) is 6.71. The van der Waals surface area contributed by atoms with Gasteiger partial charge in [-0.15, -0.1) is 0 Å². The summed E-state index contributed by atoms with van der Waals surface area (Å²) in [5, 5.41) is 3.12. The number of methoxy groups -OCH3 is 1. The monoisotopic (exact) mass is 268 g/mol. The Labute approximate surface area is 113 Å². The lowest BCUT2D eigenvalue weighted by Gasteiger charge is -2.32. The molecule has 1 N–H and O–H groups in total. The number of nitrogens with one attached hydrogen (secondary N) is 1. The molecule has 1 fully saturated rings. The van der Waals surface area contributed by atoms with E-state index >= 15 is 0 Å². The molecule has 6 heteroatoms. The Morgan fingerprint density at radius 2 is 2.37 bits per heavy atom. The Balaban J connectivity index is 1.82. The zero-order chi connectivity index (χ0) is 13.7. The molecule has 2 heterocycles. The van der Waals surface area contributed by atoms with E-state index in [1.54, 1.807) is 0 Å². The first-order valence-corrected chi connectivity index (χ1v) is 6.71. The molecule has 1 aliphatic heterocycles. The maximum absolute atomic E-state index is 13.1. The number of hydrogen-bond acceptors (Lipinski definition) is 5. The molecule has 0 amide bonds. The molecule has 0 saturated carbocycles. The van der Waals surface area contributed by atoms with Gasteiger partial charge in [-0.25, -0.2) is 4.98 Å². The van der Waals surface area contributed by atoms with E-state index in [-0.39, 0.29) is 5.88 Å². The summed E-state index contributed by atoms with van der Waals surface area (Å²) in [6, 6.07) is 0.614. The van der Waals surface area contributed by atoms with Crippen molar-refractivity contribution in [1.82, 2.24) is 14.9 Å². The van der Waals surface area contributed by atoms with Crippen molar-refractivity contribution in [3.63, 3.8) is 0 Å². The number of anilines is 1. The van der Waals surface area contributed by atoms with Crippen LogP contribution in [0.4, 0.5) is 10.3 Å². The number of nitrogens with zero attached hydrogens (tertiary/aromatic N) is 3. The second-order valence-electron chi connectivity index (χ2n) is 4.90. The maximum Gasteiger partial charge on any atom is 0.255 e. The van der Waals surface area contributed by atoms with Crippen molar-refractivity contribution >= 4 is 5.95 Å². The van der Waals surface area contributed by atoms with Crippen molar-refractivity contribution in [2.24, 2.45) is 0 Å². The normalized spacial score (nSPS) is 20.3. The standard InChI is InChI=1S/C13H21FN4O/c1-18-8-4-3-5-10(18)6-7-15-13-16-9-11(14)12(17-13)19-2/h9-10H,3-8H2,1-2H3,(H,15,16,17). The van der Waals surface area contributed by atoms with Gasteiger partial charge in [-0.05, 0) is 32.9 Å². The molecule has 1 saturated heterocycles. The minimum absolute atomic E-state index is 0.0210. The lowest BCUT2D eigenvalue weighted by Crippen LogP contribution is -2.37. The Morgan fingerprint density at radius 3 is 3.11 bits per heavy atom. The van der Waals surface area contributed by atoms with Crippen molar-refractivity contribution in [3.05, 3.63) is 12.0 Å². The second-order valence-corrected chi connectivity index (χ2v) is 4.90. The number of piperidine rings is 1. The van der Waals surface area contributed by atoms with Crippen LogP contribution < -0.4 is 10.1 Å². The van der Waals surface area contributed by atoms with E-state index < -0.39 is 5.82 Å². The summed E-state index contributed by atoms with van der Waals surface area (Å²) in [6.07, 6.45) is 6.00. The van der Waals surface area contributed by atoms with Gasteiger partial charge in [0.2, 0.25) is 11.8 Å². The van der Waals surface area contributed by atoms with E-state index in [1.165, 1.54) is 32.9 Å². The molecule has 19 heavy (non-hydrogen) atoms. The first kappa shape index (κ1) is 14.0. The van der Waals surface area contributed by atoms with Crippen molar-refractivity contribution in [2.75, 3.05) is 32.6 Å². The van der Waals surface area contributed by atoms with Gasteiger partial charge in [-0.3, -0.25) is 0 Å². The van der Waals surface area contributed by atoms with E-state index in [0.717, 1.165) is 19.2 Å². The van der Waals surface area contributed by atoms with E-state index in [2.05, 4.69) is 27.2 Å².